The lowest BCUT2D eigenvalue weighted by Gasteiger charge is -2.18. The number of fused-ring (bicyclic) bond motifs is 1. The second kappa shape index (κ2) is 7.34. The Morgan fingerprint density at radius 3 is 2.73 bits per heavy atom. The molecule has 1 atom stereocenters. The SMILES string of the molecule is CN1CCCC(Oc2cccc3occ(-c4ccccc4)c(=O)c23)CC1. The van der Waals surface area contributed by atoms with E-state index in [1.165, 1.54) is 0 Å². The summed E-state index contributed by atoms with van der Waals surface area (Å²) in [5, 5.41) is 0.534. The fraction of sp³-hybridized carbons (Fsp3) is 0.318. The molecule has 1 saturated heterocycles. The second-order valence-electron chi connectivity index (χ2n) is 6.95. The molecule has 4 nitrogen and oxygen atoms in total. The highest BCUT2D eigenvalue weighted by Crippen LogP contribution is 2.28. The van der Waals surface area contributed by atoms with Gasteiger partial charge in [-0.25, -0.2) is 0 Å². The van der Waals surface area contributed by atoms with Crippen molar-refractivity contribution in [1.29, 1.82) is 0 Å². The first kappa shape index (κ1) is 16.9. The number of nitrogens with zero attached hydrogens (tertiary/aromatic N) is 1. The summed E-state index contributed by atoms with van der Waals surface area (Å²) in [6.07, 6.45) is 4.76. The van der Waals surface area contributed by atoms with Crippen molar-refractivity contribution in [3.05, 3.63) is 65.0 Å². The lowest BCUT2D eigenvalue weighted by molar-refractivity contribution is 0.185. The van der Waals surface area contributed by atoms with Crippen LogP contribution in [0.1, 0.15) is 19.3 Å². The van der Waals surface area contributed by atoms with Crippen LogP contribution in [0.15, 0.2) is 64.0 Å². The standard InChI is InChI=1S/C22H23NO3/c1-23-13-6-9-17(12-14-23)26-20-11-5-10-19-21(20)22(24)18(15-25-19)16-7-3-2-4-8-16/h2-5,7-8,10-11,15,17H,6,9,12-14H2,1H3. The van der Waals surface area contributed by atoms with Crippen LogP contribution in [-0.4, -0.2) is 31.1 Å². The van der Waals surface area contributed by atoms with Gasteiger partial charge in [0.15, 0.2) is 0 Å². The van der Waals surface area contributed by atoms with Gasteiger partial charge in [-0.2, -0.15) is 0 Å². The molecule has 0 saturated carbocycles. The van der Waals surface area contributed by atoms with Gasteiger partial charge in [0.1, 0.15) is 29.1 Å². The Morgan fingerprint density at radius 2 is 1.88 bits per heavy atom. The summed E-state index contributed by atoms with van der Waals surface area (Å²) >= 11 is 0. The van der Waals surface area contributed by atoms with Gasteiger partial charge in [0, 0.05) is 6.54 Å². The van der Waals surface area contributed by atoms with E-state index < -0.39 is 0 Å². The zero-order valence-corrected chi connectivity index (χ0v) is 15.0. The molecule has 0 amide bonds. The van der Waals surface area contributed by atoms with Crippen LogP contribution in [0.5, 0.6) is 5.75 Å². The minimum atomic E-state index is -0.0428. The highest BCUT2D eigenvalue weighted by Gasteiger charge is 2.19. The van der Waals surface area contributed by atoms with Crippen LogP contribution in [-0.2, 0) is 0 Å². The van der Waals surface area contributed by atoms with Gasteiger partial charge in [-0.1, -0.05) is 36.4 Å². The van der Waals surface area contributed by atoms with Crippen molar-refractivity contribution in [3.8, 4) is 16.9 Å². The molecule has 2 heterocycles. The lowest BCUT2D eigenvalue weighted by Crippen LogP contribution is -2.22. The summed E-state index contributed by atoms with van der Waals surface area (Å²) in [6, 6.07) is 15.2. The molecule has 4 heteroatoms. The van der Waals surface area contributed by atoms with Gasteiger partial charge in [0.05, 0.1) is 5.56 Å². The van der Waals surface area contributed by atoms with Gasteiger partial charge >= 0.3 is 0 Å². The van der Waals surface area contributed by atoms with Gasteiger partial charge < -0.3 is 14.1 Å². The number of rotatable bonds is 3. The molecule has 1 aliphatic rings. The van der Waals surface area contributed by atoms with E-state index >= 15 is 0 Å². The largest absolute Gasteiger partial charge is 0.489 e. The van der Waals surface area contributed by atoms with Crippen LogP contribution in [0.2, 0.25) is 0 Å². The minimum absolute atomic E-state index is 0.0428. The molecule has 0 aliphatic carbocycles. The Hall–Kier alpha value is -2.59. The van der Waals surface area contributed by atoms with Crippen molar-refractivity contribution in [2.75, 3.05) is 20.1 Å². The molecule has 1 unspecified atom stereocenters. The summed E-state index contributed by atoms with van der Waals surface area (Å²) in [6.45, 7) is 2.11. The molecular weight excluding hydrogens is 326 g/mol. The Bertz CT molecular complexity index is 949. The Morgan fingerprint density at radius 1 is 1.04 bits per heavy atom. The lowest BCUT2D eigenvalue weighted by atomic mass is 10.1. The van der Waals surface area contributed by atoms with Gasteiger partial charge in [-0.05, 0) is 50.6 Å². The minimum Gasteiger partial charge on any atom is -0.489 e. The Balaban J connectivity index is 1.74. The van der Waals surface area contributed by atoms with Crippen LogP contribution >= 0.6 is 0 Å². The first-order chi connectivity index (χ1) is 12.7. The van der Waals surface area contributed by atoms with Crippen LogP contribution in [0.25, 0.3) is 22.1 Å². The van der Waals surface area contributed by atoms with Gasteiger partial charge in [0.25, 0.3) is 0 Å². The molecule has 3 aromatic rings. The summed E-state index contributed by atoms with van der Waals surface area (Å²) in [4.78, 5) is 15.5. The predicted molar refractivity (Wildman–Crippen MR) is 104 cm³/mol. The van der Waals surface area contributed by atoms with Crippen molar-refractivity contribution in [2.24, 2.45) is 0 Å². The number of hydrogen-bond donors (Lipinski definition) is 0. The molecular formula is C22H23NO3. The molecule has 2 aromatic carbocycles. The third kappa shape index (κ3) is 3.37. The molecule has 1 fully saturated rings. The number of benzene rings is 2. The molecule has 0 N–H and O–H groups in total. The molecule has 1 aromatic heterocycles. The van der Waals surface area contributed by atoms with E-state index in [1.54, 1.807) is 6.26 Å². The molecule has 0 radical (unpaired) electrons. The highest BCUT2D eigenvalue weighted by atomic mass is 16.5. The first-order valence-corrected chi connectivity index (χ1v) is 9.17. The van der Waals surface area contributed by atoms with Gasteiger partial charge in [0.2, 0.25) is 5.43 Å². The molecule has 0 spiro atoms. The fourth-order valence-corrected chi connectivity index (χ4v) is 3.57. The van der Waals surface area contributed by atoms with Crippen molar-refractivity contribution in [1.82, 2.24) is 4.90 Å². The van der Waals surface area contributed by atoms with E-state index in [9.17, 15) is 4.79 Å². The average Bonchev–Trinajstić information content (AvgIpc) is 2.87. The van der Waals surface area contributed by atoms with E-state index in [0.29, 0.717) is 22.3 Å². The zero-order chi connectivity index (χ0) is 17.9. The van der Waals surface area contributed by atoms with Crippen molar-refractivity contribution in [2.45, 2.75) is 25.4 Å². The smallest absolute Gasteiger partial charge is 0.204 e. The molecule has 0 bridgehead atoms. The Kier molecular flexibility index (Phi) is 4.76. The van der Waals surface area contributed by atoms with E-state index in [-0.39, 0.29) is 11.5 Å². The van der Waals surface area contributed by atoms with E-state index in [1.807, 2.05) is 48.5 Å². The summed E-state index contributed by atoms with van der Waals surface area (Å²) in [7, 11) is 2.14. The maximum atomic E-state index is 13.2. The van der Waals surface area contributed by atoms with Crippen molar-refractivity contribution < 1.29 is 9.15 Å². The predicted octanol–water partition coefficient (Wildman–Crippen LogP) is 4.32. The normalized spacial score (nSPS) is 18.6. The first-order valence-electron chi connectivity index (χ1n) is 9.17. The third-order valence-electron chi connectivity index (χ3n) is 5.04. The fourth-order valence-electron chi connectivity index (χ4n) is 3.57. The summed E-state index contributed by atoms with van der Waals surface area (Å²) in [5.41, 5.74) is 1.94. The van der Waals surface area contributed by atoms with Gasteiger partial charge in [-0.15, -0.1) is 0 Å². The zero-order valence-electron chi connectivity index (χ0n) is 15.0. The monoisotopic (exact) mass is 349 g/mol. The average molecular weight is 349 g/mol. The topological polar surface area (TPSA) is 42.7 Å². The highest BCUT2D eigenvalue weighted by molar-refractivity contribution is 5.87. The summed E-state index contributed by atoms with van der Waals surface area (Å²) in [5.74, 6) is 0.628. The maximum Gasteiger partial charge on any atom is 0.204 e. The second-order valence-corrected chi connectivity index (χ2v) is 6.95. The molecule has 1 aliphatic heterocycles. The van der Waals surface area contributed by atoms with Crippen molar-refractivity contribution in [3.63, 3.8) is 0 Å². The maximum absolute atomic E-state index is 13.2. The summed E-state index contributed by atoms with van der Waals surface area (Å²) < 4.78 is 12.0. The van der Waals surface area contributed by atoms with E-state index in [4.69, 9.17) is 9.15 Å². The van der Waals surface area contributed by atoms with Crippen LogP contribution < -0.4 is 10.2 Å². The number of ether oxygens (including phenoxy) is 1. The van der Waals surface area contributed by atoms with Crippen molar-refractivity contribution >= 4 is 11.0 Å². The van der Waals surface area contributed by atoms with E-state index in [2.05, 4.69) is 11.9 Å². The molecule has 134 valence electrons. The quantitative estimate of drug-likeness (QED) is 0.706. The van der Waals surface area contributed by atoms with E-state index in [0.717, 1.165) is 37.9 Å². The van der Waals surface area contributed by atoms with Crippen LogP contribution in [0, 0.1) is 0 Å². The number of likely N-dealkylation sites (tertiary alicyclic amines) is 1. The van der Waals surface area contributed by atoms with Crippen LogP contribution in [0.4, 0.5) is 0 Å². The Labute approximate surface area is 153 Å². The third-order valence-corrected chi connectivity index (χ3v) is 5.04. The molecule has 4 rings (SSSR count). The van der Waals surface area contributed by atoms with Gasteiger partial charge in [-0.3, -0.25) is 4.79 Å². The molecule has 26 heavy (non-hydrogen) atoms. The number of hydrogen-bond acceptors (Lipinski definition) is 4. The van der Waals surface area contributed by atoms with Crippen LogP contribution in [0.3, 0.4) is 0 Å².